The summed E-state index contributed by atoms with van der Waals surface area (Å²) in [4.78, 5) is 28.3. The Morgan fingerprint density at radius 3 is 2.77 bits per heavy atom. The predicted octanol–water partition coefficient (Wildman–Crippen LogP) is 4.32. The van der Waals surface area contributed by atoms with E-state index in [4.69, 9.17) is 25.8 Å². The first kappa shape index (κ1) is 34.5. The molecule has 2 aliphatic heterocycles. The molecular weight excluding hydrogens is 656 g/mol. The molecular formula is C35H45ClN4O7S. The molecule has 0 saturated heterocycles. The van der Waals surface area contributed by atoms with Crippen LogP contribution in [0.25, 0.3) is 0 Å². The van der Waals surface area contributed by atoms with Gasteiger partial charge in [0.2, 0.25) is 0 Å². The number of ether oxygens (including phenoxy) is 3. The van der Waals surface area contributed by atoms with Crippen LogP contribution in [0.1, 0.15) is 50.7 Å². The molecule has 48 heavy (non-hydrogen) atoms. The minimum Gasteiger partial charge on any atom is -0.490 e. The molecule has 1 saturated carbocycles. The average molecular weight is 701 g/mol. The second-order valence-electron chi connectivity index (χ2n) is 13.8. The number of sulfonamides is 1. The first-order chi connectivity index (χ1) is 22.9. The third-order valence-corrected chi connectivity index (χ3v) is 11.8. The number of likely N-dealkylation sites (N-methyl/N-ethyl adjacent to an activating group) is 1. The van der Waals surface area contributed by atoms with Crippen molar-refractivity contribution in [2.24, 2.45) is 11.8 Å². The lowest BCUT2D eigenvalue weighted by atomic mass is 9.68. The monoisotopic (exact) mass is 700 g/mol. The second-order valence-corrected chi connectivity index (χ2v) is 15.9. The summed E-state index contributed by atoms with van der Waals surface area (Å²) in [6.45, 7) is 5.71. The number of benzene rings is 2. The van der Waals surface area contributed by atoms with Crippen LogP contribution in [0, 0.1) is 11.8 Å². The first-order valence-corrected chi connectivity index (χ1v) is 18.5. The fraction of sp³-hybridized carbons (Fsp3) is 0.543. The maximum atomic E-state index is 13.6. The van der Waals surface area contributed by atoms with Gasteiger partial charge in [0.15, 0.2) is 0 Å². The number of anilines is 1. The van der Waals surface area contributed by atoms with Crippen LogP contribution in [0.15, 0.2) is 53.4 Å². The average Bonchev–Trinajstić information content (AvgIpc) is 3.17. The van der Waals surface area contributed by atoms with Gasteiger partial charge < -0.3 is 29.7 Å². The van der Waals surface area contributed by atoms with Gasteiger partial charge in [-0.2, -0.15) is 0 Å². The highest BCUT2D eigenvalue weighted by atomic mass is 35.5. The number of carbonyl (C=O) groups excluding carboxylic acids is 2. The van der Waals surface area contributed by atoms with Gasteiger partial charge >= 0.3 is 6.09 Å². The van der Waals surface area contributed by atoms with Crippen LogP contribution in [0.5, 0.6) is 5.75 Å². The zero-order valence-electron chi connectivity index (χ0n) is 27.7. The lowest BCUT2D eigenvalue weighted by Crippen LogP contribution is -2.50. The summed E-state index contributed by atoms with van der Waals surface area (Å²) in [6, 6.07) is 10.8. The topological polar surface area (TPSA) is 135 Å². The molecule has 2 heterocycles. The molecule has 2 aliphatic carbocycles. The van der Waals surface area contributed by atoms with Crippen LogP contribution >= 0.6 is 11.6 Å². The van der Waals surface area contributed by atoms with E-state index in [2.05, 4.69) is 26.3 Å². The molecule has 2 aromatic rings. The summed E-state index contributed by atoms with van der Waals surface area (Å²) in [7, 11) is -2.42. The number of carbonyl (C=O) groups is 2. The number of hydrogen-bond donors (Lipinski definition) is 3. The third kappa shape index (κ3) is 7.17. The standard InChI is InChI=1S/C35H45ClN4O7S/c1-34(2)32(41)39-48(43,44)26-10-13-31-29(19-26)40(21-35(22-45-31)14-4-6-23-18-25(36)9-12-28(23)35)20-24-8-11-27(24)30(7-5-17-46-34)47-33(42)38-16-15-37-3/h5,7,9-10,12-13,18-19,24,27,30,37H,4,6,8,11,14-17,20-22H2,1-3H3,(H,38,42)(H,39,41)/t24-,27+,30-,35-/m0/s1. The molecule has 2 amide bonds. The molecule has 3 N–H and O–H groups in total. The highest BCUT2D eigenvalue weighted by molar-refractivity contribution is 7.90. The van der Waals surface area contributed by atoms with E-state index in [-0.39, 0.29) is 28.8 Å². The van der Waals surface area contributed by atoms with Crippen molar-refractivity contribution in [1.29, 1.82) is 0 Å². The van der Waals surface area contributed by atoms with E-state index in [9.17, 15) is 18.0 Å². The summed E-state index contributed by atoms with van der Waals surface area (Å²) in [5.41, 5.74) is 1.24. The number of nitrogens with one attached hydrogen (secondary N) is 3. The lowest BCUT2D eigenvalue weighted by molar-refractivity contribution is -0.139. The summed E-state index contributed by atoms with van der Waals surface area (Å²) < 4.78 is 47.8. The number of aryl methyl sites for hydroxylation is 1. The molecule has 4 aliphatic rings. The summed E-state index contributed by atoms with van der Waals surface area (Å²) >= 11 is 6.42. The molecule has 4 atom stereocenters. The maximum Gasteiger partial charge on any atom is 0.407 e. The van der Waals surface area contributed by atoms with Gasteiger partial charge in [-0.3, -0.25) is 4.79 Å². The quantitative estimate of drug-likeness (QED) is 0.315. The Morgan fingerprint density at radius 2 is 2.00 bits per heavy atom. The Labute approximate surface area is 287 Å². The van der Waals surface area contributed by atoms with E-state index < -0.39 is 33.7 Å². The van der Waals surface area contributed by atoms with Crippen LogP contribution < -0.4 is 25.0 Å². The van der Waals surface area contributed by atoms with Gasteiger partial charge in [0.1, 0.15) is 17.5 Å². The number of amides is 2. The Balaban J connectivity index is 1.40. The fourth-order valence-corrected chi connectivity index (χ4v) is 8.65. The Kier molecular flexibility index (Phi) is 10.00. The largest absolute Gasteiger partial charge is 0.490 e. The smallest absolute Gasteiger partial charge is 0.407 e. The molecule has 11 nitrogen and oxygen atoms in total. The number of fused-ring (bicyclic) bond motifs is 4. The zero-order chi connectivity index (χ0) is 34.1. The summed E-state index contributed by atoms with van der Waals surface area (Å²) in [5, 5.41) is 6.51. The van der Waals surface area contributed by atoms with Crippen LogP contribution in [0.2, 0.25) is 5.02 Å². The Bertz CT molecular complexity index is 1680. The van der Waals surface area contributed by atoms with Crippen molar-refractivity contribution in [2.45, 2.75) is 68.0 Å². The van der Waals surface area contributed by atoms with Gasteiger partial charge in [-0.15, -0.1) is 0 Å². The molecule has 2 bridgehead atoms. The van der Waals surface area contributed by atoms with Crippen LogP contribution in [0.4, 0.5) is 10.5 Å². The lowest BCUT2D eigenvalue weighted by Gasteiger charge is -2.46. The normalized spacial score (nSPS) is 27.7. The molecule has 0 aromatic heterocycles. The van der Waals surface area contributed by atoms with Crippen molar-refractivity contribution >= 4 is 39.3 Å². The van der Waals surface area contributed by atoms with Gasteiger partial charge in [-0.25, -0.2) is 17.9 Å². The van der Waals surface area contributed by atoms with Crippen molar-refractivity contribution in [3.8, 4) is 5.75 Å². The second kappa shape index (κ2) is 13.9. The highest BCUT2D eigenvalue weighted by Gasteiger charge is 2.45. The van der Waals surface area contributed by atoms with Crippen LogP contribution in [0.3, 0.4) is 0 Å². The molecule has 260 valence electrons. The molecule has 0 unspecified atom stereocenters. The number of alkyl carbamates (subject to hydrolysis) is 1. The van der Waals surface area contributed by atoms with Gasteiger partial charge in [0.25, 0.3) is 15.9 Å². The molecule has 6 rings (SSSR count). The molecule has 13 heteroatoms. The third-order valence-electron chi connectivity index (χ3n) is 10.2. The zero-order valence-corrected chi connectivity index (χ0v) is 29.3. The van der Waals surface area contributed by atoms with E-state index >= 15 is 0 Å². The van der Waals surface area contributed by atoms with E-state index in [0.717, 1.165) is 32.1 Å². The first-order valence-electron chi connectivity index (χ1n) is 16.7. The minimum atomic E-state index is -4.24. The van der Waals surface area contributed by atoms with E-state index in [0.29, 0.717) is 49.2 Å². The van der Waals surface area contributed by atoms with E-state index in [1.54, 1.807) is 18.2 Å². The van der Waals surface area contributed by atoms with Crippen molar-refractivity contribution in [3.05, 3.63) is 64.7 Å². The highest BCUT2D eigenvalue weighted by Crippen LogP contribution is 2.47. The van der Waals surface area contributed by atoms with Crippen molar-refractivity contribution in [2.75, 3.05) is 51.3 Å². The van der Waals surface area contributed by atoms with Crippen LogP contribution in [-0.4, -0.2) is 78.6 Å². The minimum absolute atomic E-state index is 0.0212. The number of rotatable bonds is 4. The summed E-state index contributed by atoms with van der Waals surface area (Å²) in [5.74, 6) is -0.0477. The van der Waals surface area contributed by atoms with E-state index in [1.165, 1.54) is 31.0 Å². The number of hydrogen-bond acceptors (Lipinski definition) is 9. The number of nitrogens with zero attached hydrogens (tertiary/aromatic N) is 1. The SMILES string of the molecule is CNCCNC(=O)O[C@H]1C=CCOC(C)(C)C(=O)NS(=O)(=O)c2ccc3c(c2)N(C[C@@H]2CC[C@H]21)C[C@@]1(CCCc2cc(Cl)ccc21)CO3. The molecule has 1 fully saturated rings. The maximum absolute atomic E-state index is 13.6. The van der Waals surface area contributed by atoms with Gasteiger partial charge in [-0.05, 0) is 106 Å². The fourth-order valence-electron chi connectivity index (χ4n) is 7.34. The predicted molar refractivity (Wildman–Crippen MR) is 183 cm³/mol. The van der Waals surface area contributed by atoms with Crippen molar-refractivity contribution < 1.29 is 32.2 Å². The van der Waals surface area contributed by atoms with Gasteiger partial charge in [0.05, 0.1) is 23.8 Å². The number of halogens is 1. The molecule has 2 aromatic carbocycles. The van der Waals surface area contributed by atoms with E-state index in [1.807, 2.05) is 25.3 Å². The summed E-state index contributed by atoms with van der Waals surface area (Å²) in [6.07, 6.45) is 7.12. The Morgan fingerprint density at radius 1 is 1.17 bits per heavy atom. The molecule has 1 spiro atoms. The van der Waals surface area contributed by atoms with Crippen molar-refractivity contribution in [1.82, 2.24) is 15.4 Å². The Hall–Kier alpha value is -3.32. The molecule has 0 radical (unpaired) electrons. The van der Waals surface area contributed by atoms with Gasteiger partial charge in [0, 0.05) is 42.5 Å². The van der Waals surface area contributed by atoms with Gasteiger partial charge in [-0.1, -0.05) is 23.7 Å². The van der Waals surface area contributed by atoms with Crippen LogP contribution in [-0.2, 0) is 36.1 Å². The van der Waals surface area contributed by atoms with Crippen molar-refractivity contribution in [3.63, 3.8) is 0 Å².